The van der Waals surface area contributed by atoms with Crippen LogP contribution in [0.3, 0.4) is 0 Å². The average Bonchev–Trinajstić information content (AvgIpc) is 2.96. The van der Waals surface area contributed by atoms with Crippen molar-refractivity contribution < 1.29 is 13.2 Å². The monoisotopic (exact) mass is 397 g/mol. The number of amides is 1. The van der Waals surface area contributed by atoms with Crippen molar-refractivity contribution in [2.24, 2.45) is 0 Å². The largest absolute Gasteiger partial charge is 0.268 e. The molecule has 1 amide bonds. The maximum absolute atomic E-state index is 13.4. The molecule has 0 spiro atoms. The van der Waals surface area contributed by atoms with Gasteiger partial charge in [-0.15, -0.1) is 0 Å². The summed E-state index contributed by atoms with van der Waals surface area (Å²) in [5.74, 6) is -0.522. The van der Waals surface area contributed by atoms with Gasteiger partial charge in [0.15, 0.2) is 0 Å². The van der Waals surface area contributed by atoms with Crippen LogP contribution in [0.4, 0.5) is 0 Å². The third kappa shape index (κ3) is 2.93. The van der Waals surface area contributed by atoms with Crippen molar-refractivity contribution in [1.82, 2.24) is 4.31 Å². The average molecular weight is 398 g/mol. The second-order valence-corrected chi connectivity index (χ2v) is 8.71. The molecule has 1 heterocycles. The Balaban J connectivity index is 1.91. The molecule has 4 rings (SSSR count). The number of nitrogens with zero attached hydrogens (tertiary/aromatic N) is 1. The highest BCUT2D eigenvalue weighted by atomic mass is 35.5. The summed E-state index contributed by atoms with van der Waals surface area (Å²) in [5.41, 5.74) is 2.70. The van der Waals surface area contributed by atoms with Crippen molar-refractivity contribution in [2.45, 2.75) is 17.9 Å². The fourth-order valence-electron chi connectivity index (χ4n) is 3.32. The number of hydrogen-bond acceptors (Lipinski definition) is 3. The minimum absolute atomic E-state index is 0.0909. The molecule has 1 atom stereocenters. The van der Waals surface area contributed by atoms with Crippen LogP contribution in [0.2, 0.25) is 5.02 Å². The van der Waals surface area contributed by atoms with Gasteiger partial charge in [-0.3, -0.25) is 4.79 Å². The van der Waals surface area contributed by atoms with E-state index in [-0.39, 0.29) is 4.90 Å². The van der Waals surface area contributed by atoms with Crippen LogP contribution < -0.4 is 0 Å². The zero-order chi connectivity index (χ0) is 19.2. The molecule has 0 unspecified atom stereocenters. The van der Waals surface area contributed by atoms with E-state index < -0.39 is 22.0 Å². The lowest BCUT2D eigenvalue weighted by Crippen LogP contribution is -2.35. The molecule has 1 aliphatic rings. The summed E-state index contributed by atoms with van der Waals surface area (Å²) in [6.45, 7) is 1.88. The van der Waals surface area contributed by atoms with Gasteiger partial charge in [0.05, 0.1) is 10.9 Å². The first kappa shape index (κ1) is 17.8. The first-order valence-electron chi connectivity index (χ1n) is 8.39. The minimum Gasteiger partial charge on any atom is -0.268 e. The lowest BCUT2D eigenvalue weighted by atomic mass is 9.99. The number of sulfonamides is 1. The Morgan fingerprint density at radius 2 is 1.52 bits per heavy atom. The molecular weight excluding hydrogens is 382 g/mol. The maximum Gasteiger partial charge on any atom is 0.268 e. The molecule has 3 aromatic carbocycles. The molecule has 0 fully saturated rings. The van der Waals surface area contributed by atoms with Gasteiger partial charge in [-0.05, 0) is 48.4 Å². The van der Waals surface area contributed by atoms with Crippen LogP contribution in [-0.2, 0) is 10.0 Å². The number of carbonyl (C=O) groups is 1. The van der Waals surface area contributed by atoms with Crippen LogP contribution in [0.1, 0.15) is 33.1 Å². The van der Waals surface area contributed by atoms with Gasteiger partial charge < -0.3 is 0 Å². The van der Waals surface area contributed by atoms with Gasteiger partial charge in [-0.2, -0.15) is 0 Å². The predicted molar refractivity (Wildman–Crippen MR) is 104 cm³/mol. The van der Waals surface area contributed by atoms with Crippen molar-refractivity contribution in [2.75, 3.05) is 0 Å². The van der Waals surface area contributed by atoms with E-state index in [4.69, 9.17) is 11.6 Å². The van der Waals surface area contributed by atoms with E-state index in [1.807, 2.05) is 6.92 Å². The van der Waals surface area contributed by atoms with Crippen LogP contribution >= 0.6 is 11.6 Å². The second-order valence-electron chi connectivity index (χ2n) is 6.46. The Hall–Kier alpha value is -2.63. The first-order valence-corrected chi connectivity index (χ1v) is 10.2. The zero-order valence-electron chi connectivity index (χ0n) is 14.5. The predicted octanol–water partition coefficient (Wildman–Crippen LogP) is 4.58. The lowest BCUT2D eigenvalue weighted by molar-refractivity contribution is 0.0865. The SMILES string of the molecule is Cc1ccc(S(=O)(=O)N2C(=O)c3ccccc3[C@@H]2c2ccc(Cl)cc2)cc1. The molecule has 0 saturated carbocycles. The number of aryl methyl sites for hydroxylation is 1. The van der Waals surface area contributed by atoms with E-state index in [9.17, 15) is 13.2 Å². The highest BCUT2D eigenvalue weighted by molar-refractivity contribution is 7.89. The van der Waals surface area contributed by atoms with E-state index in [0.717, 1.165) is 9.87 Å². The molecule has 0 aliphatic carbocycles. The summed E-state index contributed by atoms with van der Waals surface area (Å²) in [7, 11) is -4.03. The smallest absolute Gasteiger partial charge is 0.268 e. The molecule has 0 N–H and O–H groups in total. The normalized spacial score (nSPS) is 16.4. The Kier molecular flexibility index (Phi) is 4.29. The molecule has 0 saturated heterocycles. The van der Waals surface area contributed by atoms with Crippen LogP contribution in [-0.4, -0.2) is 18.6 Å². The van der Waals surface area contributed by atoms with Gasteiger partial charge in [0.2, 0.25) is 0 Å². The number of rotatable bonds is 3. The van der Waals surface area contributed by atoms with E-state index in [1.165, 1.54) is 12.1 Å². The molecule has 136 valence electrons. The third-order valence-electron chi connectivity index (χ3n) is 4.68. The molecule has 27 heavy (non-hydrogen) atoms. The summed E-state index contributed by atoms with van der Waals surface area (Å²) in [4.78, 5) is 13.1. The summed E-state index contributed by atoms with van der Waals surface area (Å²) in [6, 6.07) is 19.6. The van der Waals surface area contributed by atoms with Gasteiger partial charge >= 0.3 is 0 Å². The third-order valence-corrected chi connectivity index (χ3v) is 6.70. The number of benzene rings is 3. The Bertz CT molecular complexity index is 1120. The van der Waals surface area contributed by atoms with Gasteiger partial charge in [-0.1, -0.05) is 59.6 Å². The van der Waals surface area contributed by atoms with Crippen molar-refractivity contribution in [3.05, 3.63) is 100 Å². The minimum atomic E-state index is -4.03. The zero-order valence-corrected chi connectivity index (χ0v) is 16.0. The quantitative estimate of drug-likeness (QED) is 0.649. The molecular formula is C21H16ClNO3S. The van der Waals surface area contributed by atoms with Crippen LogP contribution in [0.5, 0.6) is 0 Å². The lowest BCUT2D eigenvalue weighted by Gasteiger charge is -2.25. The highest BCUT2D eigenvalue weighted by Gasteiger charge is 2.45. The number of carbonyl (C=O) groups excluding carboxylic acids is 1. The summed E-state index contributed by atoms with van der Waals surface area (Å²) >= 11 is 5.99. The molecule has 0 bridgehead atoms. The van der Waals surface area contributed by atoms with Crippen LogP contribution in [0.15, 0.2) is 77.7 Å². The molecule has 6 heteroatoms. The molecule has 0 radical (unpaired) electrons. The van der Waals surface area contributed by atoms with Crippen molar-refractivity contribution >= 4 is 27.5 Å². The number of halogens is 1. The van der Waals surface area contributed by atoms with E-state index >= 15 is 0 Å². The molecule has 1 aliphatic heterocycles. The Morgan fingerprint density at radius 3 is 2.19 bits per heavy atom. The van der Waals surface area contributed by atoms with Gasteiger partial charge in [0, 0.05) is 10.6 Å². The van der Waals surface area contributed by atoms with E-state index in [0.29, 0.717) is 21.7 Å². The standard InChI is InChI=1S/C21H16ClNO3S/c1-14-6-12-17(13-7-14)27(25,26)23-20(15-8-10-16(22)11-9-15)18-4-2-3-5-19(18)21(23)24/h2-13,20H,1H3/t20-/m0/s1. The number of hydrogen-bond donors (Lipinski definition) is 0. The van der Waals surface area contributed by atoms with Gasteiger partial charge in [-0.25, -0.2) is 12.7 Å². The van der Waals surface area contributed by atoms with E-state index in [2.05, 4.69) is 0 Å². The van der Waals surface area contributed by atoms with E-state index in [1.54, 1.807) is 60.7 Å². The van der Waals surface area contributed by atoms with Crippen molar-refractivity contribution in [3.8, 4) is 0 Å². The molecule has 0 aromatic heterocycles. The Labute approximate surface area is 163 Å². The summed E-state index contributed by atoms with van der Waals surface area (Å²) in [5, 5.41) is 0.546. The van der Waals surface area contributed by atoms with Crippen LogP contribution in [0.25, 0.3) is 0 Å². The maximum atomic E-state index is 13.4. The van der Waals surface area contributed by atoms with Crippen LogP contribution in [0, 0.1) is 6.92 Å². The summed E-state index contributed by atoms with van der Waals surface area (Å²) < 4.78 is 27.7. The first-order chi connectivity index (χ1) is 12.9. The molecule has 3 aromatic rings. The molecule has 4 nitrogen and oxygen atoms in total. The second kappa shape index (κ2) is 6.51. The van der Waals surface area contributed by atoms with Gasteiger partial charge in [0.25, 0.3) is 15.9 Å². The fraction of sp³-hybridized carbons (Fsp3) is 0.0952. The van der Waals surface area contributed by atoms with Crippen molar-refractivity contribution in [1.29, 1.82) is 0 Å². The summed E-state index contributed by atoms with van der Waals surface area (Å²) in [6.07, 6.45) is 0. The van der Waals surface area contributed by atoms with Crippen molar-refractivity contribution in [3.63, 3.8) is 0 Å². The fourth-order valence-corrected chi connectivity index (χ4v) is 4.99. The Morgan fingerprint density at radius 1 is 0.889 bits per heavy atom. The van der Waals surface area contributed by atoms with Gasteiger partial charge in [0.1, 0.15) is 0 Å². The topological polar surface area (TPSA) is 54.5 Å². The number of fused-ring (bicyclic) bond motifs is 1. The highest BCUT2D eigenvalue weighted by Crippen LogP contribution is 2.42.